The molecule has 2 heterocycles. The number of unbranched alkanes of at least 4 members (excludes halogenated alkanes) is 1. The highest BCUT2D eigenvalue weighted by Gasteiger charge is 2.42. The Morgan fingerprint density at radius 1 is 0.722 bits per heavy atom. The maximum atomic E-state index is 13.4. The van der Waals surface area contributed by atoms with E-state index in [1.165, 1.54) is 0 Å². The number of ether oxygens (including phenoxy) is 1. The largest absolute Gasteiger partial charge is 0.455 e. The average molecular weight is 716 g/mol. The Labute approximate surface area is 316 Å². The molecule has 54 heavy (non-hydrogen) atoms. The summed E-state index contributed by atoms with van der Waals surface area (Å²) in [5, 5.41) is 13.8. The lowest BCUT2D eigenvalue weighted by Gasteiger charge is -2.36. The minimum atomic E-state index is -0.881. The highest BCUT2D eigenvalue weighted by molar-refractivity contribution is 5.93. The first-order chi connectivity index (χ1) is 26.2. The molecule has 0 saturated heterocycles. The number of anilines is 1. The van der Waals surface area contributed by atoms with Crippen molar-refractivity contribution in [3.63, 3.8) is 0 Å². The molecule has 0 aliphatic heterocycles. The summed E-state index contributed by atoms with van der Waals surface area (Å²) in [6.45, 7) is 8.09. The Bertz CT molecular complexity index is 2230. The molecule has 2 aromatic heterocycles. The fourth-order valence-corrected chi connectivity index (χ4v) is 7.14. The third kappa shape index (κ3) is 7.05. The molecule has 7 rings (SSSR count). The van der Waals surface area contributed by atoms with Crippen molar-refractivity contribution < 1.29 is 9.53 Å². The van der Waals surface area contributed by atoms with E-state index in [1.807, 2.05) is 60.4 Å². The van der Waals surface area contributed by atoms with E-state index in [4.69, 9.17) is 20.8 Å². The van der Waals surface area contributed by atoms with Gasteiger partial charge in [-0.25, -0.2) is 14.5 Å². The minimum Gasteiger partial charge on any atom is -0.455 e. The van der Waals surface area contributed by atoms with Gasteiger partial charge in [-0.15, -0.1) is 5.10 Å². The van der Waals surface area contributed by atoms with E-state index in [9.17, 15) is 4.79 Å². The summed E-state index contributed by atoms with van der Waals surface area (Å²) in [6.07, 6.45) is 2.63. The van der Waals surface area contributed by atoms with Crippen LogP contribution in [-0.2, 0) is 23.2 Å². The lowest BCUT2D eigenvalue weighted by atomic mass is 9.77. The second-order valence-electron chi connectivity index (χ2n) is 14.4. The number of nitrogen functional groups attached to an aromatic ring is 1. The van der Waals surface area contributed by atoms with Crippen molar-refractivity contribution in [3.8, 4) is 22.5 Å². The van der Waals surface area contributed by atoms with Gasteiger partial charge in [0.05, 0.1) is 0 Å². The molecule has 0 atom stereocenters. The van der Waals surface area contributed by atoms with Crippen LogP contribution in [0.1, 0.15) is 79.1 Å². The van der Waals surface area contributed by atoms with Gasteiger partial charge in [-0.05, 0) is 71.0 Å². The van der Waals surface area contributed by atoms with Crippen LogP contribution in [0, 0.1) is 0 Å². The van der Waals surface area contributed by atoms with Crippen LogP contribution in [0.4, 0.5) is 5.82 Å². The van der Waals surface area contributed by atoms with Gasteiger partial charge in [0, 0.05) is 18.5 Å². The second kappa shape index (κ2) is 15.3. The molecule has 0 unspecified atom stereocenters. The van der Waals surface area contributed by atoms with Crippen molar-refractivity contribution in [2.75, 3.05) is 5.73 Å². The zero-order valence-corrected chi connectivity index (χ0v) is 31.2. The molecular formula is C45H45N7O2. The Hall–Kier alpha value is -6.35. The predicted molar refractivity (Wildman–Crippen MR) is 213 cm³/mol. The number of benzene rings is 5. The number of esters is 1. The van der Waals surface area contributed by atoms with Gasteiger partial charge in [0.2, 0.25) is 0 Å². The van der Waals surface area contributed by atoms with Gasteiger partial charge >= 0.3 is 5.97 Å². The molecule has 0 bridgehead atoms. The van der Waals surface area contributed by atoms with Crippen molar-refractivity contribution in [2.45, 2.75) is 64.6 Å². The summed E-state index contributed by atoms with van der Waals surface area (Å²) < 4.78 is 9.61. The number of nitrogens with zero attached hydrogens (tertiary/aromatic N) is 6. The van der Waals surface area contributed by atoms with Crippen LogP contribution in [-0.4, -0.2) is 41.3 Å². The highest BCUT2D eigenvalue weighted by atomic mass is 16.6. The SMILES string of the molecule is CCCCc1nc(N)c(C(=O)OC(C)(C)C)n1Cc1ccc(-c2ccccc2-c2nnnn2C(c2ccccc2)(c2ccccc2)c2ccccc2)cc1. The number of carbonyl (C=O) groups is 1. The van der Waals surface area contributed by atoms with Crippen LogP contribution in [0.15, 0.2) is 140 Å². The van der Waals surface area contributed by atoms with Crippen LogP contribution in [0.5, 0.6) is 0 Å². The van der Waals surface area contributed by atoms with Gasteiger partial charge in [0.15, 0.2) is 17.3 Å². The van der Waals surface area contributed by atoms with Crippen LogP contribution < -0.4 is 5.73 Å². The molecule has 272 valence electrons. The van der Waals surface area contributed by atoms with E-state index in [1.54, 1.807) is 0 Å². The van der Waals surface area contributed by atoms with Crippen LogP contribution in [0.2, 0.25) is 0 Å². The van der Waals surface area contributed by atoms with Crippen molar-refractivity contribution in [1.29, 1.82) is 0 Å². The summed E-state index contributed by atoms with van der Waals surface area (Å²) in [7, 11) is 0. The molecule has 0 spiro atoms. The second-order valence-corrected chi connectivity index (χ2v) is 14.4. The first-order valence-corrected chi connectivity index (χ1v) is 18.4. The molecule has 0 amide bonds. The van der Waals surface area contributed by atoms with Gasteiger partial charge in [-0.1, -0.05) is 153 Å². The van der Waals surface area contributed by atoms with Crippen LogP contribution in [0.25, 0.3) is 22.5 Å². The lowest BCUT2D eigenvalue weighted by Crippen LogP contribution is -2.39. The molecule has 0 fully saturated rings. The Morgan fingerprint density at radius 2 is 1.26 bits per heavy atom. The molecule has 0 radical (unpaired) electrons. The molecular weight excluding hydrogens is 671 g/mol. The van der Waals surface area contributed by atoms with Gasteiger partial charge in [-0.2, -0.15) is 0 Å². The molecule has 9 nitrogen and oxygen atoms in total. The molecule has 9 heteroatoms. The summed E-state index contributed by atoms with van der Waals surface area (Å²) in [4.78, 5) is 18.0. The van der Waals surface area contributed by atoms with E-state index in [0.29, 0.717) is 18.8 Å². The number of hydrogen-bond acceptors (Lipinski definition) is 7. The number of carbonyl (C=O) groups excluding carboxylic acids is 1. The number of aromatic nitrogens is 6. The number of nitrogens with two attached hydrogens (primary N) is 1. The molecule has 0 aliphatic rings. The lowest BCUT2D eigenvalue weighted by molar-refractivity contribution is 0.00591. The average Bonchev–Trinajstić information content (AvgIpc) is 3.79. The van der Waals surface area contributed by atoms with Crippen molar-refractivity contribution in [3.05, 3.63) is 173 Å². The van der Waals surface area contributed by atoms with Gasteiger partial charge in [0.25, 0.3) is 0 Å². The maximum absolute atomic E-state index is 13.4. The molecule has 5 aromatic carbocycles. The van der Waals surface area contributed by atoms with Gasteiger partial charge in [-0.3, -0.25) is 0 Å². The molecule has 7 aromatic rings. The smallest absolute Gasteiger partial charge is 0.359 e. The van der Waals surface area contributed by atoms with Crippen LogP contribution in [0.3, 0.4) is 0 Å². The summed E-state index contributed by atoms with van der Waals surface area (Å²) in [5.74, 6) is 1.12. The minimum absolute atomic E-state index is 0.191. The van der Waals surface area contributed by atoms with Crippen LogP contribution >= 0.6 is 0 Å². The molecule has 2 N–H and O–H groups in total. The van der Waals surface area contributed by atoms with E-state index < -0.39 is 17.1 Å². The number of hydrogen-bond donors (Lipinski definition) is 1. The predicted octanol–water partition coefficient (Wildman–Crippen LogP) is 8.97. The van der Waals surface area contributed by atoms with Crippen molar-refractivity contribution in [2.24, 2.45) is 0 Å². The summed E-state index contributed by atoms with van der Waals surface area (Å²) in [5.41, 5.74) is 12.0. The number of tetrazole rings is 1. The Kier molecular flexibility index (Phi) is 10.2. The number of rotatable bonds is 12. The molecule has 0 aliphatic carbocycles. The fraction of sp³-hybridized carbons (Fsp3) is 0.222. The number of imidazole rings is 1. The van der Waals surface area contributed by atoms with E-state index in [-0.39, 0.29) is 11.5 Å². The first-order valence-electron chi connectivity index (χ1n) is 18.4. The fourth-order valence-electron chi connectivity index (χ4n) is 7.14. The monoisotopic (exact) mass is 715 g/mol. The standard InChI is InChI=1S/C45H45N7O2/c1-5-6-26-39-47-41(46)40(43(53)54-44(2,3)4)51(39)31-32-27-29-33(30-28-32)37-24-16-17-25-38(37)42-48-49-50-52(42)45(34-18-10-7-11-19-34,35-20-12-8-13-21-35)36-22-14-9-15-23-36/h7-25,27-30H,5-6,26,31,46H2,1-4H3. The zero-order valence-electron chi connectivity index (χ0n) is 31.2. The van der Waals surface area contributed by atoms with Gasteiger partial charge < -0.3 is 15.0 Å². The van der Waals surface area contributed by atoms with Crippen molar-refractivity contribution in [1.82, 2.24) is 29.8 Å². The highest BCUT2D eigenvalue weighted by Crippen LogP contribution is 2.43. The normalized spacial score (nSPS) is 11.8. The van der Waals surface area contributed by atoms with E-state index in [0.717, 1.165) is 57.6 Å². The van der Waals surface area contributed by atoms with E-state index in [2.05, 4.69) is 126 Å². The maximum Gasteiger partial charge on any atom is 0.359 e. The molecule has 0 saturated carbocycles. The summed E-state index contributed by atoms with van der Waals surface area (Å²) in [6, 6.07) is 47.7. The Balaban J connectivity index is 1.31. The number of aryl methyl sites for hydroxylation is 1. The van der Waals surface area contributed by atoms with E-state index >= 15 is 0 Å². The van der Waals surface area contributed by atoms with Crippen molar-refractivity contribution >= 4 is 11.8 Å². The summed E-state index contributed by atoms with van der Waals surface area (Å²) >= 11 is 0. The topological polar surface area (TPSA) is 114 Å². The Morgan fingerprint density at radius 3 is 1.80 bits per heavy atom. The quantitative estimate of drug-likeness (QED) is 0.0993. The third-order valence-electron chi connectivity index (χ3n) is 9.56. The zero-order chi connectivity index (χ0) is 37.7. The van der Waals surface area contributed by atoms with Gasteiger partial charge in [0.1, 0.15) is 17.0 Å². The first kappa shape index (κ1) is 36.0. The third-order valence-corrected chi connectivity index (χ3v) is 9.56.